The molecule has 0 aromatic heterocycles. The lowest BCUT2D eigenvalue weighted by Crippen LogP contribution is -2.13. The van der Waals surface area contributed by atoms with Gasteiger partial charge in [0.1, 0.15) is 9.24 Å². The fourth-order valence-electron chi connectivity index (χ4n) is 2.31. The highest BCUT2D eigenvalue weighted by Gasteiger charge is 2.32. The molecule has 0 N–H and O–H groups in total. The Kier molecular flexibility index (Phi) is 4.56. The predicted molar refractivity (Wildman–Crippen MR) is 87.9 cm³/mol. The summed E-state index contributed by atoms with van der Waals surface area (Å²) in [4.78, 5) is 8.08. The van der Waals surface area contributed by atoms with Crippen LogP contribution in [0.3, 0.4) is 0 Å². The van der Waals surface area contributed by atoms with Crippen LogP contribution in [0.5, 0.6) is 0 Å². The summed E-state index contributed by atoms with van der Waals surface area (Å²) in [5.41, 5.74) is -1.22. The van der Waals surface area contributed by atoms with Gasteiger partial charge in [0.25, 0.3) is 0 Å². The largest absolute Gasteiger partial charge is 0.266 e. The average Bonchev–Trinajstić information content (AvgIpc) is 3.16. The topological polar surface area (TPSA) is 24.7 Å². The summed E-state index contributed by atoms with van der Waals surface area (Å²) in [6, 6.07) is -0.950. The van der Waals surface area contributed by atoms with Gasteiger partial charge in [0.05, 0.1) is 17.3 Å². The fourth-order valence-corrected chi connectivity index (χ4v) is 3.00. The van der Waals surface area contributed by atoms with Gasteiger partial charge in [-0.05, 0) is 50.1 Å². The SMILES string of the molecule is Fc1c(F)c(F)c(/C(=C2\C=CC(Br)=N2)C2C=CC(Br)=N2)c(F)c1F. The van der Waals surface area contributed by atoms with Gasteiger partial charge in [-0.1, -0.05) is 6.08 Å². The van der Waals surface area contributed by atoms with E-state index in [4.69, 9.17) is 0 Å². The second kappa shape index (κ2) is 6.36. The molecule has 2 heterocycles. The Bertz CT molecular complexity index is 871. The van der Waals surface area contributed by atoms with Crippen molar-refractivity contribution in [3.05, 3.63) is 64.7 Å². The molecule has 2 nitrogen and oxygen atoms in total. The Morgan fingerprint density at radius 1 is 0.792 bits per heavy atom. The molecular formula is C15H5Br2F5N2. The third kappa shape index (κ3) is 2.79. The van der Waals surface area contributed by atoms with Crippen LogP contribution in [-0.2, 0) is 0 Å². The van der Waals surface area contributed by atoms with Gasteiger partial charge < -0.3 is 0 Å². The van der Waals surface area contributed by atoms with Gasteiger partial charge in [-0.25, -0.2) is 26.9 Å². The van der Waals surface area contributed by atoms with Gasteiger partial charge in [0.2, 0.25) is 5.82 Å². The average molecular weight is 468 g/mol. The van der Waals surface area contributed by atoms with Crippen molar-refractivity contribution >= 4 is 46.7 Å². The first-order valence-electron chi connectivity index (χ1n) is 6.41. The second-order valence-electron chi connectivity index (χ2n) is 4.77. The molecule has 1 atom stereocenters. The van der Waals surface area contributed by atoms with E-state index in [0.29, 0.717) is 9.24 Å². The smallest absolute Gasteiger partial charge is 0.200 e. The van der Waals surface area contributed by atoms with E-state index < -0.39 is 40.7 Å². The lowest BCUT2D eigenvalue weighted by Gasteiger charge is -2.16. The zero-order valence-electron chi connectivity index (χ0n) is 11.4. The molecule has 24 heavy (non-hydrogen) atoms. The zero-order chi connectivity index (χ0) is 17.6. The van der Waals surface area contributed by atoms with E-state index in [1.54, 1.807) is 0 Å². The number of allylic oxidation sites excluding steroid dienone is 3. The summed E-state index contributed by atoms with van der Waals surface area (Å²) >= 11 is 6.19. The van der Waals surface area contributed by atoms with Crippen molar-refractivity contribution in [2.45, 2.75) is 6.04 Å². The molecule has 0 amide bonds. The fraction of sp³-hybridized carbons (Fsp3) is 0.0667. The highest BCUT2D eigenvalue weighted by molar-refractivity contribution is 9.18. The number of halogens is 7. The monoisotopic (exact) mass is 466 g/mol. The summed E-state index contributed by atoms with van der Waals surface area (Å²) in [5, 5.41) is 0. The Labute approximate surface area is 149 Å². The van der Waals surface area contributed by atoms with Gasteiger partial charge in [-0.15, -0.1) is 0 Å². The lowest BCUT2D eigenvalue weighted by atomic mass is 9.95. The van der Waals surface area contributed by atoms with Crippen LogP contribution in [0, 0.1) is 29.1 Å². The zero-order valence-corrected chi connectivity index (χ0v) is 14.6. The molecule has 3 rings (SSSR count). The molecule has 0 fully saturated rings. The molecule has 2 aliphatic heterocycles. The van der Waals surface area contributed by atoms with Crippen LogP contribution in [0.1, 0.15) is 5.56 Å². The van der Waals surface area contributed by atoms with Gasteiger partial charge in [0, 0.05) is 5.57 Å². The van der Waals surface area contributed by atoms with Crippen molar-refractivity contribution in [1.82, 2.24) is 0 Å². The van der Waals surface area contributed by atoms with Crippen molar-refractivity contribution in [3.63, 3.8) is 0 Å². The molecule has 1 unspecified atom stereocenters. The quantitative estimate of drug-likeness (QED) is 0.325. The van der Waals surface area contributed by atoms with E-state index in [0.717, 1.165) is 0 Å². The molecule has 0 bridgehead atoms. The van der Waals surface area contributed by atoms with Crippen LogP contribution < -0.4 is 0 Å². The number of hydrogen-bond donors (Lipinski definition) is 0. The van der Waals surface area contributed by atoms with E-state index in [1.807, 2.05) is 0 Å². The maximum absolute atomic E-state index is 14.2. The van der Waals surface area contributed by atoms with Crippen molar-refractivity contribution in [1.29, 1.82) is 0 Å². The minimum Gasteiger partial charge on any atom is -0.266 e. The van der Waals surface area contributed by atoms with Gasteiger partial charge in [0.15, 0.2) is 23.3 Å². The minimum absolute atomic E-state index is 0.0469. The maximum Gasteiger partial charge on any atom is 0.200 e. The van der Waals surface area contributed by atoms with Gasteiger partial charge >= 0.3 is 0 Å². The first-order valence-corrected chi connectivity index (χ1v) is 7.99. The normalized spacial score (nSPS) is 21.4. The minimum atomic E-state index is -2.21. The van der Waals surface area contributed by atoms with Crippen LogP contribution in [0.2, 0.25) is 0 Å². The Morgan fingerprint density at radius 2 is 1.38 bits per heavy atom. The molecule has 0 saturated carbocycles. The molecule has 0 radical (unpaired) electrons. The molecular weight excluding hydrogens is 463 g/mol. The molecule has 124 valence electrons. The number of nitrogens with zero attached hydrogens (tertiary/aromatic N) is 2. The summed E-state index contributed by atoms with van der Waals surface area (Å²) in [7, 11) is 0. The van der Waals surface area contributed by atoms with E-state index in [9.17, 15) is 22.0 Å². The van der Waals surface area contributed by atoms with Crippen molar-refractivity contribution in [3.8, 4) is 0 Å². The second-order valence-corrected chi connectivity index (χ2v) is 6.39. The first-order chi connectivity index (χ1) is 11.3. The number of benzene rings is 1. The van der Waals surface area contributed by atoms with Crippen molar-refractivity contribution in [2.75, 3.05) is 0 Å². The predicted octanol–water partition coefficient (Wildman–Crippen LogP) is 5.19. The Hall–Kier alpha value is -1.61. The Balaban J connectivity index is 2.35. The molecule has 1 aromatic carbocycles. The standard InChI is InChI=1S/C15H5Br2F5N2/c16-7-3-1-5(23-7)9(6-2-4-8(17)24-6)10-11(18)13(20)15(22)14(21)12(10)19/h1-5H/b9-6+. The lowest BCUT2D eigenvalue weighted by molar-refractivity contribution is 0.376. The summed E-state index contributed by atoms with van der Waals surface area (Å²) in [6.07, 6.45) is 5.85. The van der Waals surface area contributed by atoms with Crippen molar-refractivity contribution < 1.29 is 22.0 Å². The van der Waals surface area contributed by atoms with Gasteiger partial charge in [-0.3, -0.25) is 4.99 Å². The molecule has 1 aromatic rings. The number of hydrogen-bond acceptors (Lipinski definition) is 2. The summed E-state index contributed by atoms with van der Waals surface area (Å²) in [6.45, 7) is 0. The van der Waals surface area contributed by atoms with E-state index in [-0.39, 0.29) is 11.3 Å². The van der Waals surface area contributed by atoms with Crippen molar-refractivity contribution in [2.24, 2.45) is 9.98 Å². The molecule has 9 heteroatoms. The first kappa shape index (κ1) is 17.2. The highest BCUT2D eigenvalue weighted by Crippen LogP contribution is 2.37. The molecule has 0 aliphatic carbocycles. The molecule has 0 spiro atoms. The highest BCUT2D eigenvalue weighted by atomic mass is 79.9. The third-order valence-corrected chi connectivity index (χ3v) is 4.25. The van der Waals surface area contributed by atoms with Crippen LogP contribution in [0.15, 0.2) is 40.0 Å². The van der Waals surface area contributed by atoms with Gasteiger partial charge in [-0.2, -0.15) is 0 Å². The van der Waals surface area contributed by atoms with Crippen LogP contribution in [-0.4, -0.2) is 15.3 Å². The van der Waals surface area contributed by atoms with E-state index in [1.165, 1.54) is 24.3 Å². The summed E-state index contributed by atoms with van der Waals surface area (Å²) in [5.74, 6) is -10.1. The van der Waals surface area contributed by atoms with E-state index in [2.05, 4.69) is 41.8 Å². The number of aliphatic imine (C=N–C) groups is 2. The molecule has 0 saturated heterocycles. The van der Waals surface area contributed by atoms with Crippen LogP contribution >= 0.6 is 31.9 Å². The Morgan fingerprint density at radius 3 is 1.83 bits per heavy atom. The summed E-state index contributed by atoms with van der Waals surface area (Å²) < 4.78 is 69.6. The molecule has 2 aliphatic rings. The van der Waals surface area contributed by atoms with Crippen LogP contribution in [0.25, 0.3) is 5.57 Å². The van der Waals surface area contributed by atoms with Crippen LogP contribution in [0.4, 0.5) is 22.0 Å². The number of rotatable bonds is 2. The third-order valence-electron chi connectivity index (χ3n) is 3.34. The van der Waals surface area contributed by atoms with E-state index >= 15 is 0 Å². The maximum atomic E-state index is 14.2.